The van der Waals surface area contributed by atoms with Gasteiger partial charge in [-0.15, -0.1) is 0 Å². The van der Waals surface area contributed by atoms with Crippen LogP contribution in [0, 0.1) is 0 Å². The Morgan fingerprint density at radius 2 is 1.76 bits per heavy atom. The highest BCUT2D eigenvalue weighted by Gasteiger charge is 2.30. The van der Waals surface area contributed by atoms with Gasteiger partial charge in [-0.2, -0.15) is 0 Å². The average molecular weight is 559 g/mol. The van der Waals surface area contributed by atoms with Crippen molar-refractivity contribution in [1.29, 1.82) is 0 Å². The van der Waals surface area contributed by atoms with E-state index in [2.05, 4.69) is 21.2 Å². The lowest BCUT2D eigenvalue weighted by Gasteiger charge is -2.32. The van der Waals surface area contributed by atoms with Crippen LogP contribution in [-0.4, -0.2) is 50.0 Å². The summed E-state index contributed by atoms with van der Waals surface area (Å²) in [5.41, 5.74) is 1.09. The molecule has 180 valence electrons. The lowest BCUT2D eigenvalue weighted by molar-refractivity contribution is -0.139. The molecule has 0 spiro atoms. The van der Waals surface area contributed by atoms with Gasteiger partial charge < -0.3 is 10.2 Å². The van der Waals surface area contributed by atoms with Crippen LogP contribution in [0.1, 0.15) is 32.8 Å². The van der Waals surface area contributed by atoms with E-state index in [0.29, 0.717) is 10.7 Å². The standard InChI is InChI=1S/C23H29BrClN3O4S/c1-5-16(2)26-23(30)17(3)27(14-18-7-6-8-20(25)13-18)22(29)15-28(33(4,31)32)21-11-9-19(24)10-12-21/h6-13,16-17H,5,14-15H2,1-4H3,(H,26,30). The van der Waals surface area contributed by atoms with Crippen LogP contribution in [0.2, 0.25) is 5.02 Å². The van der Waals surface area contributed by atoms with Gasteiger partial charge in [0.25, 0.3) is 0 Å². The number of rotatable bonds is 10. The van der Waals surface area contributed by atoms with E-state index in [9.17, 15) is 18.0 Å². The summed E-state index contributed by atoms with van der Waals surface area (Å²) < 4.78 is 26.8. The molecule has 0 aliphatic heterocycles. The molecule has 0 fully saturated rings. The molecule has 0 heterocycles. The fraction of sp³-hybridized carbons (Fsp3) is 0.391. The molecule has 0 saturated carbocycles. The third-order valence-electron chi connectivity index (χ3n) is 5.20. The normalized spacial score (nSPS) is 13.2. The molecule has 2 amide bonds. The van der Waals surface area contributed by atoms with Gasteiger partial charge in [-0.3, -0.25) is 13.9 Å². The van der Waals surface area contributed by atoms with Gasteiger partial charge >= 0.3 is 0 Å². The first-order chi connectivity index (χ1) is 15.4. The molecule has 0 aliphatic carbocycles. The highest BCUT2D eigenvalue weighted by Crippen LogP contribution is 2.22. The molecule has 7 nitrogen and oxygen atoms in total. The molecule has 2 aromatic carbocycles. The molecule has 0 aromatic heterocycles. The van der Waals surface area contributed by atoms with E-state index in [1.54, 1.807) is 55.5 Å². The number of benzene rings is 2. The van der Waals surface area contributed by atoms with Gasteiger partial charge in [-0.1, -0.05) is 46.6 Å². The maximum atomic E-state index is 13.4. The highest BCUT2D eigenvalue weighted by molar-refractivity contribution is 9.10. The first-order valence-corrected chi connectivity index (χ1v) is 13.5. The van der Waals surface area contributed by atoms with E-state index < -0.39 is 28.5 Å². The van der Waals surface area contributed by atoms with Crippen molar-refractivity contribution in [2.75, 3.05) is 17.1 Å². The Balaban J connectivity index is 2.37. The third-order valence-corrected chi connectivity index (χ3v) is 7.11. The van der Waals surface area contributed by atoms with E-state index in [1.165, 1.54) is 4.90 Å². The largest absolute Gasteiger partial charge is 0.352 e. The van der Waals surface area contributed by atoms with Crippen LogP contribution in [0.4, 0.5) is 5.69 Å². The van der Waals surface area contributed by atoms with Crippen molar-refractivity contribution in [3.05, 3.63) is 63.6 Å². The number of halogens is 2. The van der Waals surface area contributed by atoms with Crippen LogP contribution in [0.5, 0.6) is 0 Å². The molecule has 0 saturated heterocycles. The Morgan fingerprint density at radius 1 is 1.12 bits per heavy atom. The predicted octanol–water partition coefficient (Wildman–Crippen LogP) is 4.20. The van der Waals surface area contributed by atoms with Gasteiger partial charge in [0.15, 0.2) is 0 Å². The monoisotopic (exact) mass is 557 g/mol. The van der Waals surface area contributed by atoms with Crippen LogP contribution in [0.25, 0.3) is 0 Å². The molecule has 2 unspecified atom stereocenters. The number of carbonyl (C=O) groups is 2. The minimum absolute atomic E-state index is 0.0571. The second-order valence-corrected chi connectivity index (χ2v) is 11.2. The molecule has 1 N–H and O–H groups in total. The Bertz CT molecular complexity index is 1080. The fourth-order valence-corrected chi connectivity index (χ4v) is 4.43. The van der Waals surface area contributed by atoms with Crippen molar-refractivity contribution < 1.29 is 18.0 Å². The van der Waals surface area contributed by atoms with Gasteiger partial charge in [0, 0.05) is 22.1 Å². The minimum atomic E-state index is -3.76. The maximum Gasteiger partial charge on any atom is 0.244 e. The summed E-state index contributed by atoms with van der Waals surface area (Å²) in [6.45, 7) is 5.12. The number of anilines is 1. The number of carbonyl (C=O) groups excluding carboxylic acids is 2. The topological polar surface area (TPSA) is 86.8 Å². The molecule has 10 heteroatoms. The first kappa shape index (κ1) is 27.1. The quantitative estimate of drug-likeness (QED) is 0.474. The molecule has 2 rings (SSSR count). The van der Waals surface area contributed by atoms with E-state index in [0.717, 1.165) is 27.0 Å². The van der Waals surface area contributed by atoms with Gasteiger partial charge in [-0.25, -0.2) is 8.42 Å². The Kier molecular flexibility index (Phi) is 9.75. The number of nitrogens with one attached hydrogen (secondary N) is 1. The Labute approximate surface area is 209 Å². The lowest BCUT2D eigenvalue weighted by Crippen LogP contribution is -2.52. The summed E-state index contributed by atoms with van der Waals surface area (Å²) in [7, 11) is -3.76. The molecular formula is C23H29BrClN3O4S. The van der Waals surface area contributed by atoms with Crippen molar-refractivity contribution in [3.8, 4) is 0 Å². The minimum Gasteiger partial charge on any atom is -0.352 e. The van der Waals surface area contributed by atoms with Crippen molar-refractivity contribution in [3.63, 3.8) is 0 Å². The summed E-state index contributed by atoms with van der Waals surface area (Å²) in [5, 5.41) is 3.39. The molecule has 2 atom stereocenters. The van der Waals surface area contributed by atoms with E-state index in [4.69, 9.17) is 11.6 Å². The maximum absolute atomic E-state index is 13.4. The zero-order chi connectivity index (χ0) is 24.8. The zero-order valence-corrected chi connectivity index (χ0v) is 22.2. The van der Waals surface area contributed by atoms with Crippen LogP contribution in [-0.2, 0) is 26.2 Å². The first-order valence-electron chi connectivity index (χ1n) is 10.5. The average Bonchev–Trinajstić information content (AvgIpc) is 2.75. The summed E-state index contributed by atoms with van der Waals surface area (Å²) >= 11 is 9.42. The predicted molar refractivity (Wildman–Crippen MR) is 136 cm³/mol. The van der Waals surface area contributed by atoms with Gasteiger partial charge in [0.05, 0.1) is 11.9 Å². The second kappa shape index (κ2) is 11.9. The van der Waals surface area contributed by atoms with Crippen LogP contribution in [0.3, 0.4) is 0 Å². The summed E-state index contributed by atoms with van der Waals surface area (Å²) in [6.07, 6.45) is 1.79. The SMILES string of the molecule is CCC(C)NC(=O)C(C)N(Cc1cccc(Cl)c1)C(=O)CN(c1ccc(Br)cc1)S(C)(=O)=O. The van der Waals surface area contributed by atoms with Gasteiger partial charge in [0.2, 0.25) is 21.8 Å². The lowest BCUT2D eigenvalue weighted by atomic mass is 10.1. The zero-order valence-electron chi connectivity index (χ0n) is 19.1. The molecule has 0 aliphatic rings. The third kappa shape index (κ3) is 8.01. The van der Waals surface area contributed by atoms with Crippen LogP contribution >= 0.6 is 27.5 Å². The number of amides is 2. The van der Waals surface area contributed by atoms with E-state index in [-0.39, 0.29) is 18.5 Å². The summed E-state index contributed by atoms with van der Waals surface area (Å²) in [5.74, 6) is -0.815. The number of hydrogen-bond acceptors (Lipinski definition) is 4. The van der Waals surface area contributed by atoms with Crippen molar-refractivity contribution in [1.82, 2.24) is 10.2 Å². The fourth-order valence-electron chi connectivity index (χ4n) is 3.10. The number of sulfonamides is 1. The molecule has 0 radical (unpaired) electrons. The molecular weight excluding hydrogens is 530 g/mol. The van der Waals surface area contributed by atoms with Crippen molar-refractivity contribution in [2.45, 2.75) is 45.8 Å². The van der Waals surface area contributed by atoms with Gasteiger partial charge in [-0.05, 0) is 62.2 Å². The second-order valence-electron chi connectivity index (χ2n) is 7.89. The van der Waals surface area contributed by atoms with E-state index >= 15 is 0 Å². The van der Waals surface area contributed by atoms with Crippen LogP contribution in [0.15, 0.2) is 53.0 Å². The van der Waals surface area contributed by atoms with Gasteiger partial charge in [0.1, 0.15) is 12.6 Å². The molecule has 2 aromatic rings. The smallest absolute Gasteiger partial charge is 0.244 e. The Morgan fingerprint density at radius 3 is 2.30 bits per heavy atom. The highest BCUT2D eigenvalue weighted by atomic mass is 79.9. The summed E-state index contributed by atoms with van der Waals surface area (Å²) in [4.78, 5) is 27.6. The van der Waals surface area contributed by atoms with Crippen LogP contribution < -0.4 is 9.62 Å². The molecule has 0 bridgehead atoms. The van der Waals surface area contributed by atoms with Crippen molar-refractivity contribution >= 4 is 55.1 Å². The number of hydrogen-bond donors (Lipinski definition) is 1. The van der Waals surface area contributed by atoms with Crippen molar-refractivity contribution in [2.24, 2.45) is 0 Å². The number of nitrogens with zero attached hydrogens (tertiary/aromatic N) is 2. The van der Waals surface area contributed by atoms with E-state index in [1.807, 2.05) is 13.8 Å². The summed E-state index contributed by atoms with van der Waals surface area (Å²) in [6, 6.07) is 12.7. The Hall–Kier alpha value is -2.10. The molecule has 33 heavy (non-hydrogen) atoms.